The maximum atomic E-state index is 12.3. The Morgan fingerprint density at radius 1 is 1.16 bits per heavy atom. The van der Waals surface area contributed by atoms with E-state index >= 15 is 0 Å². The van der Waals surface area contributed by atoms with Gasteiger partial charge in [0.15, 0.2) is 5.82 Å². The Hall–Kier alpha value is -1.82. The predicted molar refractivity (Wildman–Crippen MR) is 101 cm³/mol. The number of nitrogens with zero attached hydrogens (tertiary/aromatic N) is 2. The first-order valence-electron chi connectivity index (χ1n) is 8.63. The van der Waals surface area contributed by atoms with E-state index in [4.69, 9.17) is 4.52 Å². The zero-order valence-electron chi connectivity index (χ0n) is 15.6. The lowest BCUT2D eigenvalue weighted by Crippen LogP contribution is -2.33. The first-order chi connectivity index (χ1) is 11.9. The van der Waals surface area contributed by atoms with Crippen molar-refractivity contribution in [3.05, 3.63) is 47.1 Å². The minimum atomic E-state index is 0.0155. The first kappa shape index (κ1) is 19.5. The van der Waals surface area contributed by atoms with Crippen LogP contribution in [0.1, 0.15) is 62.5 Å². The van der Waals surface area contributed by atoms with Crippen LogP contribution in [0.4, 0.5) is 0 Å². The molecule has 25 heavy (non-hydrogen) atoms. The second kappa shape index (κ2) is 9.04. The number of hydrogen-bond donors (Lipinski definition) is 1. The molecule has 6 heteroatoms. The maximum absolute atomic E-state index is 12.3. The standard InChI is InChI=1S/C19H27N3O2S/c1-12(2)15-6-8-16(9-7-15)19(13(3)4)21-18(23)11-25-10-17-20-14(5)24-22-17/h6-9,12-13,19H,10-11H2,1-5H3,(H,21,23). The van der Waals surface area contributed by atoms with Crippen LogP contribution < -0.4 is 5.32 Å². The summed E-state index contributed by atoms with van der Waals surface area (Å²) >= 11 is 1.49. The van der Waals surface area contributed by atoms with E-state index in [0.29, 0.717) is 35.1 Å². The van der Waals surface area contributed by atoms with Crippen molar-refractivity contribution in [2.75, 3.05) is 5.75 Å². The van der Waals surface area contributed by atoms with Gasteiger partial charge in [-0.3, -0.25) is 4.79 Å². The molecule has 2 aromatic rings. The summed E-state index contributed by atoms with van der Waals surface area (Å²) in [5.41, 5.74) is 2.45. The molecule has 0 spiro atoms. The van der Waals surface area contributed by atoms with Crippen molar-refractivity contribution in [1.82, 2.24) is 15.5 Å². The van der Waals surface area contributed by atoms with Crippen LogP contribution in [0, 0.1) is 12.8 Å². The number of aryl methyl sites for hydroxylation is 1. The van der Waals surface area contributed by atoms with E-state index in [1.54, 1.807) is 6.92 Å². The van der Waals surface area contributed by atoms with Gasteiger partial charge in [0.1, 0.15) is 0 Å². The van der Waals surface area contributed by atoms with E-state index in [-0.39, 0.29) is 11.9 Å². The Kier molecular flexibility index (Phi) is 7.05. The fraction of sp³-hybridized carbons (Fsp3) is 0.526. The number of carbonyl (C=O) groups excluding carboxylic acids is 1. The molecular formula is C19H27N3O2S. The van der Waals surface area contributed by atoms with Gasteiger partial charge in [-0.25, -0.2) is 0 Å². The molecular weight excluding hydrogens is 334 g/mol. The Bertz CT molecular complexity index is 680. The monoisotopic (exact) mass is 361 g/mol. The van der Waals surface area contributed by atoms with Crippen LogP contribution in [0.5, 0.6) is 0 Å². The molecule has 2 rings (SSSR count). The maximum Gasteiger partial charge on any atom is 0.230 e. The zero-order chi connectivity index (χ0) is 18.4. The Morgan fingerprint density at radius 3 is 2.32 bits per heavy atom. The Balaban J connectivity index is 1.90. The van der Waals surface area contributed by atoms with Crippen molar-refractivity contribution in [1.29, 1.82) is 0 Å². The summed E-state index contributed by atoms with van der Waals surface area (Å²) in [5, 5.41) is 6.98. The lowest BCUT2D eigenvalue weighted by Gasteiger charge is -2.23. The lowest BCUT2D eigenvalue weighted by molar-refractivity contribution is -0.119. The molecule has 0 saturated carbocycles. The fourth-order valence-electron chi connectivity index (χ4n) is 2.57. The van der Waals surface area contributed by atoms with Gasteiger partial charge in [-0.2, -0.15) is 4.98 Å². The van der Waals surface area contributed by atoms with Gasteiger partial charge in [-0.05, 0) is 23.0 Å². The number of amides is 1. The SMILES string of the molecule is Cc1nc(CSCC(=O)NC(c2ccc(C(C)C)cc2)C(C)C)no1. The summed E-state index contributed by atoms with van der Waals surface area (Å²) in [6, 6.07) is 8.55. The second-order valence-corrected chi connectivity index (χ2v) is 7.82. The summed E-state index contributed by atoms with van der Waals surface area (Å²) in [5.74, 6) is 2.97. The van der Waals surface area contributed by atoms with E-state index in [0.717, 1.165) is 5.56 Å². The fourth-order valence-corrected chi connectivity index (χ4v) is 3.24. The molecule has 0 fully saturated rings. The molecule has 1 amide bonds. The highest BCUT2D eigenvalue weighted by atomic mass is 32.2. The van der Waals surface area contributed by atoms with Crippen LogP contribution in [0.3, 0.4) is 0 Å². The van der Waals surface area contributed by atoms with Crippen molar-refractivity contribution in [3.8, 4) is 0 Å². The average molecular weight is 362 g/mol. The number of rotatable bonds is 8. The predicted octanol–water partition coefficient (Wildman–Crippen LogP) is 4.25. The van der Waals surface area contributed by atoms with Crippen molar-refractivity contribution >= 4 is 17.7 Å². The Labute approximate surface area is 154 Å². The molecule has 1 unspecified atom stereocenters. The summed E-state index contributed by atoms with van der Waals surface area (Å²) in [6.07, 6.45) is 0. The minimum absolute atomic E-state index is 0.0155. The number of nitrogens with one attached hydrogen (secondary N) is 1. The molecule has 1 aromatic heterocycles. The van der Waals surface area contributed by atoms with Crippen LogP contribution in [-0.4, -0.2) is 21.8 Å². The van der Waals surface area contributed by atoms with Crippen molar-refractivity contribution in [3.63, 3.8) is 0 Å². The van der Waals surface area contributed by atoms with Gasteiger partial charge in [-0.15, -0.1) is 11.8 Å². The quantitative estimate of drug-likeness (QED) is 0.761. The van der Waals surface area contributed by atoms with Crippen molar-refractivity contribution in [2.45, 2.75) is 52.3 Å². The van der Waals surface area contributed by atoms with Crippen LogP contribution >= 0.6 is 11.8 Å². The molecule has 1 N–H and O–H groups in total. The van der Waals surface area contributed by atoms with Gasteiger partial charge in [0, 0.05) is 6.92 Å². The van der Waals surface area contributed by atoms with Crippen LogP contribution in [0.15, 0.2) is 28.8 Å². The molecule has 0 aliphatic carbocycles. The molecule has 1 atom stereocenters. The number of hydrogen-bond acceptors (Lipinski definition) is 5. The average Bonchev–Trinajstić information content (AvgIpc) is 2.98. The van der Waals surface area contributed by atoms with E-state index in [2.05, 4.69) is 67.4 Å². The molecule has 0 radical (unpaired) electrons. The third-order valence-electron chi connectivity index (χ3n) is 3.98. The summed E-state index contributed by atoms with van der Waals surface area (Å²) < 4.78 is 4.93. The molecule has 5 nitrogen and oxygen atoms in total. The smallest absolute Gasteiger partial charge is 0.230 e. The number of carbonyl (C=O) groups is 1. The molecule has 136 valence electrons. The number of thioether (sulfide) groups is 1. The molecule has 0 saturated heterocycles. The van der Waals surface area contributed by atoms with Crippen LogP contribution in [0.2, 0.25) is 0 Å². The van der Waals surface area contributed by atoms with Gasteiger partial charge in [-0.1, -0.05) is 57.1 Å². The van der Waals surface area contributed by atoms with Crippen molar-refractivity contribution in [2.24, 2.45) is 5.92 Å². The normalized spacial score (nSPS) is 12.6. The van der Waals surface area contributed by atoms with E-state index in [1.165, 1.54) is 17.3 Å². The van der Waals surface area contributed by atoms with E-state index < -0.39 is 0 Å². The third-order valence-corrected chi connectivity index (χ3v) is 4.91. The first-order valence-corrected chi connectivity index (χ1v) is 9.78. The third kappa shape index (κ3) is 5.88. The van der Waals surface area contributed by atoms with E-state index in [9.17, 15) is 4.79 Å². The highest BCUT2D eigenvalue weighted by molar-refractivity contribution is 7.99. The molecule has 1 aromatic carbocycles. The van der Waals surface area contributed by atoms with Gasteiger partial charge in [0.05, 0.1) is 17.5 Å². The van der Waals surface area contributed by atoms with Gasteiger partial charge in [0.25, 0.3) is 0 Å². The number of aromatic nitrogens is 2. The summed E-state index contributed by atoms with van der Waals surface area (Å²) in [7, 11) is 0. The highest BCUT2D eigenvalue weighted by Gasteiger charge is 2.18. The summed E-state index contributed by atoms with van der Waals surface area (Å²) in [6.45, 7) is 10.4. The number of benzene rings is 1. The highest BCUT2D eigenvalue weighted by Crippen LogP contribution is 2.24. The second-order valence-electron chi connectivity index (χ2n) is 6.83. The van der Waals surface area contributed by atoms with Gasteiger partial charge < -0.3 is 9.84 Å². The van der Waals surface area contributed by atoms with E-state index in [1.807, 2.05) is 0 Å². The van der Waals surface area contributed by atoms with Gasteiger partial charge >= 0.3 is 0 Å². The van der Waals surface area contributed by atoms with Crippen LogP contribution in [0.25, 0.3) is 0 Å². The largest absolute Gasteiger partial charge is 0.348 e. The van der Waals surface area contributed by atoms with Crippen molar-refractivity contribution < 1.29 is 9.32 Å². The Morgan fingerprint density at radius 2 is 1.80 bits per heavy atom. The summed E-state index contributed by atoms with van der Waals surface area (Å²) in [4.78, 5) is 16.4. The molecule has 0 aliphatic rings. The lowest BCUT2D eigenvalue weighted by atomic mass is 9.93. The van der Waals surface area contributed by atoms with Crippen LogP contribution in [-0.2, 0) is 10.5 Å². The van der Waals surface area contributed by atoms with Gasteiger partial charge in [0.2, 0.25) is 11.8 Å². The molecule has 0 aliphatic heterocycles. The zero-order valence-corrected chi connectivity index (χ0v) is 16.4. The molecule has 0 bridgehead atoms. The topological polar surface area (TPSA) is 68.0 Å². The molecule has 1 heterocycles. The minimum Gasteiger partial charge on any atom is -0.348 e.